The average Bonchev–Trinajstić information content (AvgIpc) is 2.66. The number of esters is 1. The zero-order valence-corrected chi connectivity index (χ0v) is 15.3. The van der Waals surface area contributed by atoms with Crippen LogP contribution in [0, 0.1) is 0 Å². The number of carbonyl (C=O) groups is 2. The Morgan fingerprint density at radius 2 is 1.57 bits per heavy atom. The first-order valence-corrected chi connectivity index (χ1v) is 8.50. The molecule has 0 aromatic heterocycles. The lowest BCUT2D eigenvalue weighted by Crippen LogP contribution is -2.49. The first kappa shape index (κ1) is 21.3. The molecule has 2 rings (SSSR count). The van der Waals surface area contributed by atoms with Gasteiger partial charge >= 0.3 is 18.1 Å². The minimum Gasteiger partial charge on any atom is -0.480 e. The van der Waals surface area contributed by atoms with E-state index in [9.17, 15) is 27.9 Å². The molecule has 0 amide bonds. The van der Waals surface area contributed by atoms with E-state index in [0.717, 1.165) is 29.8 Å². The van der Waals surface area contributed by atoms with Crippen molar-refractivity contribution in [3.8, 4) is 0 Å². The molecule has 0 saturated heterocycles. The lowest BCUT2D eigenvalue weighted by molar-refractivity contribution is -0.146. The molecule has 0 heterocycles. The normalized spacial score (nSPS) is 13.5. The summed E-state index contributed by atoms with van der Waals surface area (Å²) in [6.45, 7) is 2.80. The molecule has 0 fully saturated rings. The van der Waals surface area contributed by atoms with Crippen LogP contribution in [0.2, 0.25) is 0 Å². The summed E-state index contributed by atoms with van der Waals surface area (Å²) in [7, 11) is 0. The van der Waals surface area contributed by atoms with Crippen LogP contribution in [0.25, 0.3) is 0 Å². The Hall–Kier alpha value is -3.03. The molecule has 0 spiro atoms. The van der Waals surface area contributed by atoms with Crippen molar-refractivity contribution in [3.05, 3.63) is 65.7 Å². The third kappa shape index (κ3) is 5.25. The van der Waals surface area contributed by atoms with Gasteiger partial charge in [0.25, 0.3) is 0 Å². The van der Waals surface area contributed by atoms with Gasteiger partial charge in [-0.3, -0.25) is 0 Å². The van der Waals surface area contributed by atoms with Crippen molar-refractivity contribution in [2.45, 2.75) is 38.7 Å². The van der Waals surface area contributed by atoms with Crippen molar-refractivity contribution in [2.75, 3.05) is 4.90 Å². The van der Waals surface area contributed by atoms with E-state index in [1.54, 1.807) is 24.3 Å². The highest BCUT2D eigenvalue weighted by Crippen LogP contribution is 2.31. The number of carboxylic acid groups (broad SMARTS) is 1. The Morgan fingerprint density at radius 3 is 2.07 bits per heavy atom. The molecule has 2 aromatic carbocycles. The number of aliphatic carboxylic acids is 1. The van der Waals surface area contributed by atoms with Gasteiger partial charge < -0.3 is 14.7 Å². The predicted molar refractivity (Wildman–Crippen MR) is 96.7 cm³/mol. The summed E-state index contributed by atoms with van der Waals surface area (Å²) in [5.74, 6) is -1.90. The summed E-state index contributed by atoms with van der Waals surface area (Å²) >= 11 is 0. The third-order valence-corrected chi connectivity index (χ3v) is 4.25. The number of carboxylic acids is 1. The van der Waals surface area contributed by atoms with E-state index in [0.29, 0.717) is 0 Å². The molecule has 2 atom stereocenters. The first-order chi connectivity index (χ1) is 13.1. The van der Waals surface area contributed by atoms with Gasteiger partial charge in [-0.05, 0) is 43.7 Å². The van der Waals surface area contributed by atoms with E-state index < -0.39 is 35.8 Å². The maximum absolute atomic E-state index is 12.8. The fourth-order valence-corrected chi connectivity index (χ4v) is 2.69. The topological polar surface area (TPSA) is 66.8 Å². The Morgan fingerprint density at radius 1 is 1.00 bits per heavy atom. The molecular weight excluding hydrogens is 375 g/mol. The van der Waals surface area contributed by atoms with Crippen LogP contribution in [0.15, 0.2) is 54.6 Å². The van der Waals surface area contributed by atoms with Crippen LogP contribution in [0.3, 0.4) is 0 Å². The van der Waals surface area contributed by atoms with Gasteiger partial charge in [-0.1, -0.05) is 30.3 Å². The van der Waals surface area contributed by atoms with Crippen LogP contribution in [0.4, 0.5) is 18.9 Å². The number of anilines is 1. The summed E-state index contributed by atoms with van der Waals surface area (Å²) in [5.41, 5.74) is 0.0703. The molecule has 0 saturated carbocycles. The van der Waals surface area contributed by atoms with Crippen LogP contribution >= 0.6 is 0 Å². The van der Waals surface area contributed by atoms with Gasteiger partial charge in [0.15, 0.2) is 0 Å². The second-order valence-corrected chi connectivity index (χ2v) is 6.24. The monoisotopic (exact) mass is 395 g/mol. The Kier molecular flexibility index (Phi) is 6.66. The zero-order chi connectivity index (χ0) is 20.9. The third-order valence-electron chi connectivity index (χ3n) is 4.25. The molecule has 0 aliphatic heterocycles. The Bertz CT molecular complexity index is 806. The lowest BCUT2D eigenvalue weighted by Gasteiger charge is -2.33. The van der Waals surface area contributed by atoms with Crippen LogP contribution in [0.1, 0.15) is 25.0 Å². The van der Waals surface area contributed by atoms with Gasteiger partial charge in [0, 0.05) is 5.69 Å². The molecule has 5 nitrogen and oxygen atoms in total. The van der Waals surface area contributed by atoms with Gasteiger partial charge in [0.2, 0.25) is 0 Å². The van der Waals surface area contributed by atoms with E-state index in [1.165, 1.54) is 18.7 Å². The molecule has 150 valence electrons. The molecule has 0 aliphatic rings. The average molecular weight is 395 g/mol. The molecule has 0 aliphatic carbocycles. The quantitative estimate of drug-likeness (QED) is 0.715. The van der Waals surface area contributed by atoms with Gasteiger partial charge in [-0.25, -0.2) is 9.59 Å². The maximum atomic E-state index is 12.8. The van der Waals surface area contributed by atoms with Crippen molar-refractivity contribution in [3.63, 3.8) is 0 Å². The highest BCUT2D eigenvalue weighted by molar-refractivity contribution is 5.85. The minimum atomic E-state index is -4.51. The van der Waals surface area contributed by atoms with Crippen LogP contribution in [-0.4, -0.2) is 29.1 Å². The molecule has 1 N–H and O–H groups in total. The fourth-order valence-electron chi connectivity index (χ4n) is 2.69. The number of ether oxygens (including phenoxy) is 1. The number of alkyl halides is 3. The van der Waals surface area contributed by atoms with E-state index in [4.69, 9.17) is 4.74 Å². The highest BCUT2D eigenvalue weighted by Gasteiger charge is 2.33. The molecule has 28 heavy (non-hydrogen) atoms. The standard InChI is InChI=1S/C20H20F3NO4/c1-13(18(25)26)24(17-10-8-16(9-11-17)20(21,22)23)14(2)19(27)28-12-15-6-4-3-5-7-15/h3-11,13-14H,12H2,1-2H3,(H,25,26)/t13-,14?/m0/s1. The molecule has 8 heteroatoms. The number of carbonyl (C=O) groups excluding carboxylic acids is 1. The van der Waals surface area contributed by atoms with Gasteiger partial charge in [0.1, 0.15) is 18.7 Å². The van der Waals surface area contributed by atoms with Crippen molar-refractivity contribution in [1.82, 2.24) is 0 Å². The molecule has 0 bridgehead atoms. The van der Waals surface area contributed by atoms with Crippen molar-refractivity contribution in [1.29, 1.82) is 0 Å². The number of benzene rings is 2. The van der Waals surface area contributed by atoms with Crippen molar-refractivity contribution in [2.24, 2.45) is 0 Å². The van der Waals surface area contributed by atoms with E-state index in [2.05, 4.69) is 0 Å². The first-order valence-electron chi connectivity index (χ1n) is 8.50. The summed E-state index contributed by atoms with van der Waals surface area (Å²) in [4.78, 5) is 25.1. The zero-order valence-electron chi connectivity index (χ0n) is 15.3. The minimum absolute atomic E-state index is 0.00627. The van der Waals surface area contributed by atoms with Gasteiger partial charge in [0.05, 0.1) is 5.56 Å². The second kappa shape index (κ2) is 8.77. The lowest BCUT2D eigenvalue weighted by atomic mass is 10.1. The molecule has 0 radical (unpaired) electrons. The summed E-state index contributed by atoms with van der Waals surface area (Å²) in [6.07, 6.45) is -4.51. The summed E-state index contributed by atoms with van der Waals surface area (Å²) in [5, 5.41) is 9.36. The summed E-state index contributed by atoms with van der Waals surface area (Å²) < 4.78 is 43.6. The highest BCUT2D eigenvalue weighted by atomic mass is 19.4. The fraction of sp³-hybridized carbons (Fsp3) is 0.300. The number of nitrogens with zero attached hydrogens (tertiary/aromatic N) is 1. The smallest absolute Gasteiger partial charge is 0.416 e. The van der Waals surface area contributed by atoms with E-state index >= 15 is 0 Å². The van der Waals surface area contributed by atoms with Gasteiger partial charge in [-0.2, -0.15) is 13.2 Å². The SMILES string of the molecule is CC(C(=O)OCc1ccccc1)N(c1ccc(C(F)(F)F)cc1)[C@@H](C)C(=O)O. The Labute approximate surface area is 160 Å². The molecule has 2 aromatic rings. The summed E-state index contributed by atoms with van der Waals surface area (Å²) in [6, 6.07) is 10.7. The van der Waals surface area contributed by atoms with E-state index in [1.807, 2.05) is 6.07 Å². The molecule has 1 unspecified atom stereocenters. The Balaban J connectivity index is 2.22. The number of halogens is 3. The molecular formula is C20H20F3NO4. The number of hydrogen-bond donors (Lipinski definition) is 1. The van der Waals surface area contributed by atoms with Crippen LogP contribution < -0.4 is 4.90 Å². The van der Waals surface area contributed by atoms with Crippen molar-refractivity contribution < 1.29 is 32.6 Å². The van der Waals surface area contributed by atoms with Gasteiger partial charge in [-0.15, -0.1) is 0 Å². The second-order valence-electron chi connectivity index (χ2n) is 6.24. The van der Waals surface area contributed by atoms with Crippen LogP contribution in [0.5, 0.6) is 0 Å². The predicted octanol–water partition coefficient (Wildman–Crippen LogP) is 4.12. The van der Waals surface area contributed by atoms with Crippen LogP contribution in [-0.2, 0) is 27.1 Å². The number of hydrogen-bond acceptors (Lipinski definition) is 4. The largest absolute Gasteiger partial charge is 0.480 e. The van der Waals surface area contributed by atoms with Crippen molar-refractivity contribution >= 4 is 17.6 Å². The maximum Gasteiger partial charge on any atom is 0.416 e. The number of rotatable bonds is 7. The van der Waals surface area contributed by atoms with E-state index in [-0.39, 0.29) is 12.3 Å².